The highest BCUT2D eigenvalue weighted by Crippen LogP contribution is 2.41. The number of anilines is 2. The number of carbonyl (C=O) groups excluding carboxylic acids is 3. The first-order valence-electron chi connectivity index (χ1n) is 11.3. The summed E-state index contributed by atoms with van der Waals surface area (Å²) in [5.74, 6) is -0.0405. The number of fused-ring (bicyclic) bond motifs is 1. The largest absolute Gasteiger partial charge is 0.494 e. The monoisotopic (exact) mass is 468 g/mol. The molecule has 2 aliphatic heterocycles. The lowest BCUT2D eigenvalue weighted by Gasteiger charge is -2.46. The van der Waals surface area contributed by atoms with Gasteiger partial charge in [-0.2, -0.15) is 0 Å². The average molecular weight is 469 g/mol. The molecule has 10 nitrogen and oxygen atoms in total. The van der Waals surface area contributed by atoms with E-state index in [2.05, 4.69) is 5.32 Å². The third-order valence-electron chi connectivity index (χ3n) is 5.87. The van der Waals surface area contributed by atoms with Gasteiger partial charge in [0.25, 0.3) is 11.6 Å². The molecule has 0 aromatic heterocycles. The molecule has 1 fully saturated rings. The fourth-order valence-corrected chi connectivity index (χ4v) is 4.24. The molecule has 0 unspecified atom stereocenters. The fraction of sp³-hybridized carbons (Fsp3) is 0.375. The third-order valence-corrected chi connectivity index (χ3v) is 5.87. The summed E-state index contributed by atoms with van der Waals surface area (Å²) in [4.78, 5) is 43.1. The molecule has 2 aromatic rings. The smallest absolute Gasteiger partial charge is 0.409 e. The van der Waals surface area contributed by atoms with Gasteiger partial charge in [-0.1, -0.05) is 18.2 Å². The van der Waals surface area contributed by atoms with Gasteiger partial charge in [0, 0.05) is 37.4 Å². The molecule has 180 valence electrons. The second-order valence-electron chi connectivity index (χ2n) is 7.89. The summed E-state index contributed by atoms with van der Waals surface area (Å²) in [6.45, 7) is 5.25. The Morgan fingerprint density at radius 3 is 2.26 bits per heavy atom. The molecule has 34 heavy (non-hydrogen) atoms. The molecule has 2 aliphatic rings. The summed E-state index contributed by atoms with van der Waals surface area (Å²) in [6, 6.07) is 12.6. The Bertz CT molecular complexity index is 1070. The van der Waals surface area contributed by atoms with Gasteiger partial charge in [0.15, 0.2) is 0 Å². The van der Waals surface area contributed by atoms with Crippen LogP contribution in [0.15, 0.2) is 48.5 Å². The van der Waals surface area contributed by atoms with Crippen molar-refractivity contribution in [1.82, 2.24) is 9.80 Å². The van der Waals surface area contributed by atoms with Crippen LogP contribution in [-0.2, 0) is 15.3 Å². The number of benzene rings is 2. The van der Waals surface area contributed by atoms with Crippen molar-refractivity contribution in [3.63, 3.8) is 0 Å². The first-order chi connectivity index (χ1) is 16.4. The molecular weight excluding hydrogens is 440 g/mol. The molecular formula is C24H28N4O6. The number of urea groups is 1. The Labute approximate surface area is 197 Å². The molecule has 0 bridgehead atoms. The lowest BCUT2D eigenvalue weighted by atomic mass is 9.94. The van der Waals surface area contributed by atoms with Crippen molar-refractivity contribution in [2.45, 2.75) is 19.6 Å². The van der Waals surface area contributed by atoms with Crippen LogP contribution in [0.4, 0.5) is 21.0 Å². The van der Waals surface area contributed by atoms with Gasteiger partial charge >= 0.3 is 12.1 Å². The van der Waals surface area contributed by atoms with Crippen molar-refractivity contribution in [1.29, 1.82) is 0 Å². The molecule has 0 saturated carbocycles. The maximum Gasteiger partial charge on any atom is 0.409 e. The van der Waals surface area contributed by atoms with E-state index in [4.69, 9.17) is 9.47 Å². The predicted octanol–water partition coefficient (Wildman–Crippen LogP) is 2.58. The summed E-state index contributed by atoms with van der Waals surface area (Å²) in [5.41, 5.74) is -1.33. The van der Waals surface area contributed by atoms with E-state index in [1.165, 1.54) is 9.80 Å². The van der Waals surface area contributed by atoms with Crippen LogP contribution in [0.1, 0.15) is 19.4 Å². The van der Waals surface area contributed by atoms with Crippen molar-refractivity contribution in [2.24, 2.45) is 0 Å². The Morgan fingerprint density at radius 2 is 1.62 bits per heavy atom. The van der Waals surface area contributed by atoms with Gasteiger partial charge in [0.1, 0.15) is 5.75 Å². The molecule has 1 saturated heterocycles. The lowest BCUT2D eigenvalue weighted by molar-refractivity contribution is -0.153. The highest BCUT2D eigenvalue weighted by atomic mass is 16.6. The molecule has 1 atom stereocenters. The second kappa shape index (κ2) is 9.60. The van der Waals surface area contributed by atoms with E-state index < -0.39 is 23.8 Å². The zero-order valence-corrected chi connectivity index (χ0v) is 19.2. The number of hydrogen-bond acceptors (Lipinski definition) is 6. The molecule has 10 heteroatoms. The Morgan fingerprint density at radius 1 is 0.971 bits per heavy atom. The highest BCUT2D eigenvalue weighted by Gasteiger charge is 2.53. The number of rotatable bonds is 5. The number of carbonyl (C=O) groups is 3. The SMILES string of the molecule is CCOC(=O)N1CCN(C(=O)[C@@]2(O)c3ccccc3NC(=O)N2c2ccc(OCC)cc2)CC1. The van der Waals surface area contributed by atoms with Gasteiger partial charge in [0.05, 0.1) is 18.9 Å². The normalized spacial score (nSPS) is 19.9. The van der Waals surface area contributed by atoms with E-state index in [0.29, 0.717) is 23.7 Å². The van der Waals surface area contributed by atoms with Gasteiger partial charge in [0.2, 0.25) is 0 Å². The van der Waals surface area contributed by atoms with Crippen LogP contribution in [0.5, 0.6) is 5.75 Å². The molecule has 4 rings (SSSR count). The van der Waals surface area contributed by atoms with Gasteiger partial charge < -0.3 is 29.7 Å². The van der Waals surface area contributed by atoms with Crippen LogP contribution in [0.2, 0.25) is 0 Å². The van der Waals surface area contributed by atoms with Crippen molar-refractivity contribution in [2.75, 3.05) is 49.6 Å². The van der Waals surface area contributed by atoms with Crippen LogP contribution < -0.4 is 15.0 Å². The van der Waals surface area contributed by atoms with Gasteiger partial charge in [-0.15, -0.1) is 0 Å². The quantitative estimate of drug-likeness (QED) is 0.698. The van der Waals surface area contributed by atoms with Gasteiger partial charge in [-0.05, 0) is 44.2 Å². The summed E-state index contributed by atoms with van der Waals surface area (Å²) in [6.07, 6.45) is -0.438. The Hall–Kier alpha value is -3.79. The van der Waals surface area contributed by atoms with E-state index in [1.54, 1.807) is 55.5 Å². The van der Waals surface area contributed by atoms with Crippen molar-refractivity contribution in [3.05, 3.63) is 54.1 Å². The summed E-state index contributed by atoms with van der Waals surface area (Å²) < 4.78 is 10.5. The fourth-order valence-electron chi connectivity index (χ4n) is 4.24. The van der Waals surface area contributed by atoms with Crippen LogP contribution in [0.25, 0.3) is 0 Å². The van der Waals surface area contributed by atoms with Crippen molar-refractivity contribution >= 4 is 29.4 Å². The molecule has 0 spiro atoms. The number of piperazine rings is 1. The molecule has 0 aliphatic carbocycles. The van der Waals surface area contributed by atoms with Crippen molar-refractivity contribution < 1.29 is 29.0 Å². The zero-order chi connectivity index (χ0) is 24.3. The minimum absolute atomic E-state index is 0.195. The lowest BCUT2D eigenvalue weighted by Crippen LogP contribution is -2.65. The van der Waals surface area contributed by atoms with Crippen LogP contribution in [0, 0.1) is 0 Å². The number of hydrogen-bond donors (Lipinski definition) is 2. The Kier molecular flexibility index (Phi) is 6.60. The first-order valence-corrected chi connectivity index (χ1v) is 11.3. The van der Waals surface area contributed by atoms with E-state index >= 15 is 0 Å². The summed E-state index contributed by atoms with van der Waals surface area (Å²) in [7, 11) is 0. The number of nitrogens with one attached hydrogen (secondary N) is 1. The summed E-state index contributed by atoms with van der Waals surface area (Å²) in [5, 5.41) is 14.8. The second-order valence-corrected chi connectivity index (χ2v) is 7.89. The standard InChI is InChI=1S/C24H28N4O6/c1-3-33-18-11-9-17(10-12-18)28-22(30)25-20-8-6-5-7-19(20)24(28,32)21(29)26-13-15-27(16-14-26)23(31)34-4-2/h5-12,32H,3-4,13-16H2,1-2H3,(H,25,30)/t24-/m0/s1. The topological polar surface area (TPSA) is 112 Å². The minimum atomic E-state index is -2.28. The molecule has 4 amide bonds. The molecule has 2 N–H and O–H groups in total. The maximum atomic E-state index is 13.8. The van der Waals surface area contributed by atoms with Gasteiger partial charge in [-0.25, -0.2) is 9.59 Å². The van der Waals surface area contributed by atoms with Crippen LogP contribution in [-0.4, -0.2) is 72.3 Å². The number of amides is 4. The van der Waals surface area contributed by atoms with Gasteiger partial charge in [-0.3, -0.25) is 9.69 Å². The van der Waals surface area contributed by atoms with Crippen LogP contribution in [0.3, 0.4) is 0 Å². The third kappa shape index (κ3) is 4.12. The number of ether oxygens (including phenoxy) is 2. The number of para-hydroxylation sites is 1. The predicted molar refractivity (Wildman–Crippen MR) is 125 cm³/mol. The maximum absolute atomic E-state index is 13.8. The molecule has 2 aromatic carbocycles. The number of nitrogens with zero attached hydrogens (tertiary/aromatic N) is 3. The summed E-state index contributed by atoms with van der Waals surface area (Å²) >= 11 is 0. The molecule has 0 radical (unpaired) electrons. The van der Waals surface area contributed by atoms with E-state index in [9.17, 15) is 19.5 Å². The Balaban J connectivity index is 1.68. The highest BCUT2D eigenvalue weighted by molar-refractivity contribution is 6.11. The molecule has 2 heterocycles. The van der Waals surface area contributed by atoms with E-state index in [-0.39, 0.29) is 38.3 Å². The van der Waals surface area contributed by atoms with E-state index in [1.807, 2.05) is 6.92 Å². The van der Waals surface area contributed by atoms with E-state index in [0.717, 1.165) is 4.90 Å². The minimum Gasteiger partial charge on any atom is -0.494 e. The average Bonchev–Trinajstić information content (AvgIpc) is 2.85. The van der Waals surface area contributed by atoms with Crippen LogP contribution >= 0.6 is 0 Å². The zero-order valence-electron chi connectivity index (χ0n) is 19.2. The number of aliphatic hydroxyl groups is 1. The first kappa shape index (κ1) is 23.4. The van der Waals surface area contributed by atoms with Crippen molar-refractivity contribution in [3.8, 4) is 5.75 Å².